The van der Waals surface area contributed by atoms with Crippen LogP contribution in [0.3, 0.4) is 0 Å². The minimum absolute atomic E-state index is 0.234. The molecule has 0 spiro atoms. The van der Waals surface area contributed by atoms with E-state index in [0.29, 0.717) is 0 Å². The number of amides is 2. The lowest BCUT2D eigenvalue weighted by molar-refractivity contribution is 0.131. The van der Waals surface area contributed by atoms with Gasteiger partial charge in [0.2, 0.25) is 0 Å². The fraction of sp³-hybridized carbons (Fsp3) is 0.917. The molecular formula is C12H24N2O. The number of urea groups is 1. The van der Waals surface area contributed by atoms with Crippen LogP contribution in [-0.4, -0.2) is 42.0 Å². The highest BCUT2D eigenvalue weighted by Crippen LogP contribution is 2.20. The number of piperidine rings is 1. The molecule has 0 aromatic rings. The monoisotopic (exact) mass is 212 g/mol. The van der Waals surface area contributed by atoms with Crippen molar-refractivity contribution in [3.8, 4) is 0 Å². The van der Waals surface area contributed by atoms with Gasteiger partial charge in [0.05, 0.1) is 0 Å². The molecule has 0 N–H and O–H groups in total. The molecule has 1 unspecified atom stereocenters. The summed E-state index contributed by atoms with van der Waals surface area (Å²) in [5.74, 6) is 0.721. The Morgan fingerprint density at radius 3 is 2.53 bits per heavy atom. The number of hydrogen-bond acceptors (Lipinski definition) is 1. The highest BCUT2D eigenvalue weighted by molar-refractivity contribution is 5.74. The third-order valence-electron chi connectivity index (χ3n) is 3.40. The summed E-state index contributed by atoms with van der Waals surface area (Å²) in [7, 11) is 0. The van der Waals surface area contributed by atoms with Crippen molar-refractivity contribution in [1.82, 2.24) is 9.80 Å². The minimum Gasteiger partial charge on any atom is -0.325 e. The predicted octanol–water partition coefficient (Wildman–Crippen LogP) is 2.57. The summed E-state index contributed by atoms with van der Waals surface area (Å²) in [5.41, 5.74) is 0. The molecule has 1 saturated heterocycles. The zero-order valence-electron chi connectivity index (χ0n) is 10.3. The van der Waals surface area contributed by atoms with Crippen LogP contribution in [-0.2, 0) is 0 Å². The summed E-state index contributed by atoms with van der Waals surface area (Å²) < 4.78 is 0. The van der Waals surface area contributed by atoms with Gasteiger partial charge in [0.15, 0.2) is 0 Å². The molecule has 1 aliphatic rings. The summed E-state index contributed by atoms with van der Waals surface area (Å²) in [5, 5.41) is 0. The van der Waals surface area contributed by atoms with Crippen molar-refractivity contribution in [2.24, 2.45) is 5.92 Å². The summed E-state index contributed by atoms with van der Waals surface area (Å²) >= 11 is 0. The Bertz CT molecular complexity index is 202. The molecule has 0 saturated carbocycles. The lowest BCUT2D eigenvalue weighted by Gasteiger charge is -2.35. The van der Waals surface area contributed by atoms with Gasteiger partial charge in [-0.2, -0.15) is 0 Å². The number of likely N-dealkylation sites (tertiary alicyclic amines) is 1. The first-order valence-corrected chi connectivity index (χ1v) is 6.26. The molecule has 2 amide bonds. The zero-order chi connectivity index (χ0) is 11.3. The van der Waals surface area contributed by atoms with Crippen molar-refractivity contribution in [3.05, 3.63) is 0 Å². The van der Waals surface area contributed by atoms with E-state index < -0.39 is 0 Å². The smallest absolute Gasteiger partial charge is 0.319 e. The molecule has 15 heavy (non-hydrogen) atoms. The van der Waals surface area contributed by atoms with Crippen LogP contribution in [0, 0.1) is 5.92 Å². The molecule has 3 nitrogen and oxygen atoms in total. The van der Waals surface area contributed by atoms with E-state index in [9.17, 15) is 4.79 Å². The Hall–Kier alpha value is -0.730. The van der Waals surface area contributed by atoms with Crippen LogP contribution in [0.1, 0.15) is 40.0 Å². The quantitative estimate of drug-likeness (QED) is 0.705. The maximum atomic E-state index is 12.1. The number of nitrogens with zero attached hydrogens (tertiary/aromatic N) is 2. The second-order valence-corrected chi connectivity index (χ2v) is 4.32. The first-order valence-electron chi connectivity index (χ1n) is 6.26. The van der Waals surface area contributed by atoms with Gasteiger partial charge in [-0.05, 0) is 32.6 Å². The Balaban J connectivity index is 2.51. The molecule has 1 fully saturated rings. The van der Waals surface area contributed by atoms with Gasteiger partial charge in [0.1, 0.15) is 0 Å². The second-order valence-electron chi connectivity index (χ2n) is 4.32. The fourth-order valence-corrected chi connectivity index (χ4v) is 2.27. The maximum Gasteiger partial charge on any atom is 0.319 e. The van der Waals surface area contributed by atoms with Crippen molar-refractivity contribution in [2.45, 2.75) is 40.0 Å². The molecule has 88 valence electrons. The molecule has 0 radical (unpaired) electrons. The van der Waals surface area contributed by atoms with Crippen molar-refractivity contribution >= 4 is 6.03 Å². The third kappa shape index (κ3) is 3.11. The average Bonchev–Trinajstić information content (AvgIpc) is 2.30. The fourth-order valence-electron chi connectivity index (χ4n) is 2.27. The van der Waals surface area contributed by atoms with Gasteiger partial charge in [-0.25, -0.2) is 4.79 Å². The highest BCUT2D eigenvalue weighted by Gasteiger charge is 2.24. The molecular weight excluding hydrogens is 188 g/mol. The molecule has 0 aliphatic carbocycles. The Morgan fingerprint density at radius 1 is 1.33 bits per heavy atom. The van der Waals surface area contributed by atoms with E-state index in [2.05, 4.69) is 6.92 Å². The van der Waals surface area contributed by atoms with E-state index in [4.69, 9.17) is 0 Å². The molecule has 3 heteroatoms. The average molecular weight is 212 g/mol. The Kier molecular flexibility index (Phi) is 4.92. The van der Waals surface area contributed by atoms with Crippen molar-refractivity contribution < 1.29 is 4.79 Å². The Morgan fingerprint density at radius 2 is 2.00 bits per heavy atom. The van der Waals surface area contributed by atoms with Gasteiger partial charge in [0, 0.05) is 26.2 Å². The molecule has 1 heterocycles. The van der Waals surface area contributed by atoms with Gasteiger partial charge in [-0.3, -0.25) is 0 Å². The van der Waals surface area contributed by atoms with E-state index in [1.807, 2.05) is 23.6 Å². The number of carbonyl (C=O) groups excluding carboxylic acids is 1. The van der Waals surface area contributed by atoms with Crippen LogP contribution in [0.2, 0.25) is 0 Å². The topological polar surface area (TPSA) is 23.6 Å². The maximum absolute atomic E-state index is 12.1. The molecule has 1 aliphatic heterocycles. The van der Waals surface area contributed by atoms with Crippen LogP contribution in [0.15, 0.2) is 0 Å². The zero-order valence-corrected chi connectivity index (χ0v) is 10.3. The number of carbonyl (C=O) groups is 1. The van der Waals surface area contributed by atoms with Crippen LogP contribution >= 0.6 is 0 Å². The van der Waals surface area contributed by atoms with Crippen LogP contribution in [0.4, 0.5) is 4.79 Å². The van der Waals surface area contributed by atoms with Gasteiger partial charge in [-0.1, -0.05) is 13.3 Å². The van der Waals surface area contributed by atoms with Gasteiger partial charge < -0.3 is 9.80 Å². The number of hydrogen-bond donors (Lipinski definition) is 0. The van der Waals surface area contributed by atoms with Crippen LogP contribution in [0.5, 0.6) is 0 Å². The van der Waals surface area contributed by atoms with E-state index in [0.717, 1.165) is 32.1 Å². The Labute approximate surface area is 93.4 Å². The van der Waals surface area contributed by atoms with Crippen LogP contribution in [0.25, 0.3) is 0 Å². The number of rotatable bonds is 3. The first-order chi connectivity index (χ1) is 7.22. The molecule has 0 aromatic carbocycles. The summed E-state index contributed by atoms with van der Waals surface area (Å²) in [6.45, 7) is 9.87. The highest BCUT2D eigenvalue weighted by atomic mass is 16.2. The first kappa shape index (κ1) is 12.3. The molecule has 1 atom stereocenters. The van der Waals surface area contributed by atoms with Crippen molar-refractivity contribution in [3.63, 3.8) is 0 Å². The lowest BCUT2D eigenvalue weighted by Crippen LogP contribution is -2.47. The minimum atomic E-state index is 0.234. The molecule has 1 rings (SSSR count). The van der Waals surface area contributed by atoms with E-state index in [1.54, 1.807) is 0 Å². The summed E-state index contributed by atoms with van der Waals surface area (Å²) in [6, 6.07) is 0.234. The lowest BCUT2D eigenvalue weighted by atomic mass is 9.96. The van der Waals surface area contributed by atoms with Gasteiger partial charge in [0.25, 0.3) is 0 Å². The third-order valence-corrected chi connectivity index (χ3v) is 3.40. The van der Waals surface area contributed by atoms with E-state index >= 15 is 0 Å². The van der Waals surface area contributed by atoms with E-state index in [-0.39, 0.29) is 6.03 Å². The van der Waals surface area contributed by atoms with Gasteiger partial charge >= 0.3 is 6.03 Å². The van der Waals surface area contributed by atoms with Crippen LogP contribution < -0.4 is 0 Å². The van der Waals surface area contributed by atoms with Crippen molar-refractivity contribution in [2.75, 3.05) is 26.2 Å². The second kappa shape index (κ2) is 5.99. The summed E-state index contributed by atoms with van der Waals surface area (Å²) in [6.07, 6.45) is 3.66. The standard InChI is InChI=1S/C12H24N2O/c1-4-11-8-7-9-14(10-11)12(15)13(5-2)6-3/h11H,4-10H2,1-3H3. The van der Waals surface area contributed by atoms with Crippen molar-refractivity contribution in [1.29, 1.82) is 0 Å². The summed E-state index contributed by atoms with van der Waals surface area (Å²) in [4.78, 5) is 16.0. The SMILES string of the molecule is CCC1CCCN(C(=O)N(CC)CC)C1. The molecule has 0 bridgehead atoms. The predicted molar refractivity (Wildman–Crippen MR) is 62.9 cm³/mol. The largest absolute Gasteiger partial charge is 0.325 e. The van der Waals surface area contributed by atoms with E-state index in [1.165, 1.54) is 19.3 Å². The molecule has 0 aromatic heterocycles. The van der Waals surface area contributed by atoms with Gasteiger partial charge in [-0.15, -0.1) is 0 Å². The normalized spacial score (nSPS) is 21.5.